The number of ether oxygens (including phenoxy) is 3. The molecule has 0 spiro atoms. The van der Waals surface area contributed by atoms with Crippen LogP contribution in [0.15, 0.2) is 61.2 Å². The minimum absolute atomic E-state index is 0.00695. The number of aliphatic hydroxyl groups excluding tert-OH is 2. The van der Waals surface area contributed by atoms with Crippen LogP contribution in [0, 0.1) is 0 Å². The minimum atomic E-state index is -0.614. The average molecular weight is 460 g/mol. The van der Waals surface area contributed by atoms with Gasteiger partial charge >= 0.3 is 6.09 Å². The van der Waals surface area contributed by atoms with Crippen LogP contribution < -0.4 is 5.32 Å². The minimum Gasteiger partial charge on any atom is -0.445 e. The summed E-state index contributed by atoms with van der Waals surface area (Å²) in [6, 6.07) is 15.0. The van der Waals surface area contributed by atoms with E-state index in [1.807, 2.05) is 36.4 Å². The van der Waals surface area contributed by atoms with Gasteiger partial charge in [-0.15, -0.1) is 0 Å². The summed E-state index contributed by atoms with van der Waals surface area (Å²) >= 11 is 1.63. The van der Waals surface area contributed by atoms with Crippen LogP contribution in [0.25, 0.3) is 0 Å². The lowest BCUT2D eigenvalue weighted by Crippen LogP contribution is -2.31. The molecule has 0 unspecified atom stereocenters. The molecule has 2 aromatic carbocycles. The summed E-state index contributed by atoms with van der Waals surface area (Å²) < 4.78 is 17.5. The van der Waals surface area contributed by atoms with Crippen molar-refractivity contribution >= 4 is 23.5 Å². The molecule has 3 N–H and O–H groups in total. The number of benzene rings is 2. The highest BCUT2D eigenvalue weighted by Crippen LogP contribution is 2.39. The van der Waals surface area contributed by atoms with Gasteiger partial charge in [-0.2, -0.15) is 11.8 Å². The van der Waals surface area contributed by atoms with E-state index in [1.54, 1.807) is 23.9 Å². The highest BCUT2D eigenvalue weighted by atomic mass is 32.2. The zero-order valence-electron chi connectivity index (χ0n) is 17.8. The number of hydrogen-bond donors (Lipinski definition) is 3. The molecule has 3 atom stereocenters. The second kappa shape index (κ2) is 12.6. The summed E-state index contributed by atoms with van der Waals surface area (Å²) in [4.78, 5) is 11.9. The molecule has 8 heteroatoms. The first-order chi connectivity index (χ1) is 15.6. The standard InChI is InChI=1S/C24H29NO6S/c1-2-11-29-24(28)25-20-5-3-4-19(13-20)23-30-21(16-32-12-10-26)14-22(31-23)18-8-6-17(15-27)7-9-18/h2-9,13,21-23,26-27H,1,10-12,14-16H2,(H,25,28)/t21-,22+,23+/m0/s1. The van der Waals surface area contributed by atoms with Crippen LogP contribution >= 0.6 is 11.8 Å². The van der Waals surface area contributed by atoms with Crippen LogP contribution in [0.2, 0.25) is 0 Å². The Morgan fingerprint density at radius 3 is 2.72 bits per heavy atom. The molecular formula is C24H29NO6S. The molecule has 1 heterocycles. The van der Waals surface area contributed by atoms with Gasteiger partial charge in [0.2, 0.25) is 0 Å². The van der Waals surface area contributed by atoms with Gasteiger partial charge in [0.1, 0.15) is 6.61 Å². The van der Waals surface area contributed by atoms with Crippen LogP contribution in [0.1, 0.15) is 35.5 Å². The van der Waals surface area contributed by atoms with Gasteiger partial charge in [0.25, 0.3) is 0 Å². The molecule has 1 fully saturated rings. The molecule has 1 amide bonds. The molecule has 0 aromatic heterocycles. The fraction of sp³-hybridized carbons (Fsp3) is 0.375. The maximum absolute atomic E-state index is 11.9. The van der Waals surface area contributed by atoms with Gasteiger partial charge in [0.15, 0.2) is 6.29 Å². The predicted molar refractivity (Wildman–Crippen MR) is 124 cm³/mol. The van der Waals surface area contributed by atoms with Crippen LogP contribution in [-0.2, 0) is 20.8 Å². The van der Waals surface area contributed by atoms with Crippen molar-refractivity contribution in [3.8, 4) is 0 Å². The van der Waals surface area contributed by atoms with E-state index in [9.17, 15) is 9.90 Å². The summed E-state index contributed by atoms with van der Waals surface area (Å²) in [5, 5.41) is 21.1. The zero-order valence-corrected chi connectivity index (χ0v) is 18.6. The Morgan fingerprint density at radius 1 is 1.19 bits per heavy atom. The van der Waals surface area contributed by atoms with Gasteiger partial charge in [-0.05, 0) is 23.3 Å². The SMILES string of the molecule is C=CCOC(=O)Nc1cccc([C@@H]2O[C@H](CSCCO)C[C@H](c3ccc(CO)cc3)O2)c1. The molecule has 2 aromatic rings. The Bertz CT molecular complexity index is 875. The fourth-order valence-electron chi connectivity index (χ4n) is 3.35. The van der Waals surface area contributed by atoms with Crippen LogP contribution in [-0.4, -0.2) is 47.1 Å². The largest absolute Gasteiger partial charge is 0.445 e. The van der Waals surface area contributed by atoms with E-state index in [-0.39, 0.29) is 32.0 Å². The number of aliphatic hydroxyl groups is 2. The molecule has 0 aliphatic carbocycles. The fourth-order valence-corrected chi connectivity index (χ4v) is 4.13. The summed E-state index contributed by atoms with van der Waals surface area (Å²) in [6.07, 6.45) is 0.753. The van der Waals surface area contributed by atoms with Crippen molar-refractivity contribution in [2.75, 3.05) is 30.0 Å². The maximum atomic E-state index is 11.9. The Balaban J connectivity index is 1.76. The first-order valence-corrected chi connectivity index (χ1v) is 11.6. The Hall–Kier alpha value is -2.36. The van der Waals surface area contributed by atoms with Crippen molar-refractivity contribution < 1.29 is 29.2 Å². The van der Waals surface area contributed by atoms with Crippen molar-refractivity contribution in [3.63, 3.8) is 0 Å². The van der Waals surface area contributed by atoms with Gasteiger partial charge in [0.05, 0.1) is 25.4 Å². The van der Waals surface area contributed by atoms with E-state index in [2.05, 4.69) is 11.9 Å². The Labute approximate surface area is 192 Å². The van der Waals surface area contributed by atoms with Gasteiger partial charge < -0.3 is 24.4 Å². The normalized spacial score (nSPS) is 20.5. The van der Waals surface area contributed by atoms with Crippen LogP contribution in [0.5, 0.6) is 0 Å². The first kappa shape index (κ1) is 24.3. The maximum Gasteiger partial charge on any atom is 0.411 e. The smallest absolute Gasteiger partial charge is 0.411 e. The lowest BCUT2D eigenvalue weighted by atomic mass is 10.0. The van der Waals surface area contributed by atoms with Crippen molar-refractivity contribution in [1.82, 2.24) is 0 Å². The topological polar surface area (TPSA) is 97.3 Å². The van der Waals surface area contributed by atoms with E-state index in [0.717, 1.165) is 22.4 Å². The highest BCUT2D eigenvalue weighted by molar-refractivity contribution is 7.99. The molecular weight excluding hydrogens is 430 g/mol. The lowest BCUT2D eigenvalue weighted by molar-refractivity contribution is -0.245. The third-order valence-electron chi connectivity index (χ3n) is 4.89. The van der Waals surface area contributed by atoms with Crippen molar-refractivity contribution in [1.29, 1.82) is 0 Å². The number of hydrogen-bond acceptors (Lipinski definition) is 7. The number of anilines is 1. The molecule has 7 nitrogen and oxygen atoms in total. The quantitative estimate of drug-likeness (QED) is 0.362. The molecule has 0 saturated carbocycles. The summed E-state index contributed by atoms with van der Waals surface area (Å²) in [5.74, 6) is 1.38. The molecule has 1 aliphatic rings. The third-order valence-corrected chi connectivity index (χ3v) is 5.97. The van der Waals surface area contributed by atoms with E-state index >= 15 is 0 Å². The molecule has 0 bridgehead atoms. The number of carbonyl (C=O) groups is 1. The Kier molecular flexibility index (Phi) is 9.58. The van der Waals surface area contributed by atoms with Gasteiger partial charge in [-0.25, -0.2) is 4.79 Å². The molecule has 0 radical (unpaired) electrons. The van der Waals surface area contributed by atoms with Crippen LogP contribution in [0.3, 0.4) is 0 Å². The zero-order chi connectivity index (χ0) is 22.8. The van der Waals surface area contributed by atoms with E-state index in [1.165, 1.54) is 6.08 Å². The number of thioether (sulfide) groups is 1. The number of carbonyl (C=O) groups excluding carboxylic acids is 1. The number of nitrogens with one attached hydrogen (secondary N) is 1. The van der Waals surface area contributed by atoms with E-state index in [0.29, 0.717) is 17.9 Å². The third kappa shape index (κ3) is 7.08. The number of rotatable bonds is 10. The molecule has 1 saturated heterocycles. The van der Waals surface area contributed by atoms with Crippen LogP contribution in [0.4, 0.5) is 10.5 Å². The van der Waals surface area contributed by atoms with Gasteiger partial charge in [0, 0.05) is 29.2 Å². The summed E-state index contributed by atoms with van der Waals surface area (Å²) in [6.45, 7) is 3.77. The molecule has 32 heavy (non-hydrogen) atoms. The van der Waals surface area contributed by atoms with Crippen molar-refractivity contribution in [2.24, 2.45) is 0 Å². The highest BCUT2D eigenvalue weighted by Gasteiger charge is 2.32. The summed E-state index contributed by atoms with van der Waals surface area (Å²) in [5.41, 5.74) is 3.20. The Morgan fingerprint density at radius 2 is 2.00 bits per heavy atom. The molecule has 3 rings (SSSR count). The van der Waals surface area contributed by atoms with Crippen molar-refractivity contribution in [2.45, 2.75) is 31.5 Å². The van der Waals surface area contributed by atoms with Crippen molar-refractivity contribution in [3.05, 3.63) is 77.9 Å². The molecule has 1 aliphatic heterocycles. The molecule has 172 valence electrons. The van der Waals surface area contributed by atoms with E-state index < -0.39 is 12.4 Å². The second-order valence-electron chi connectivity index (χ2n) is 7.29. The summed E-state index contributed by atoms with van der Waals surface area (Å²) in [7, 11) is 0. The number of amides is 1. The van der Waals surface area contributed by atoms with Gasteiger partial charge in [-0.3, -0.25) is 5.32 Å². The van der Waals surface area contributed by atoms with Gasteiger partial charge in [-0.1, -0.05) is 49.1 Å². The lowest BCUT2D eigenvalue weighted by Gasteiger charge is -2.36. The predicted octanol–water partition coefficient (Wildman–Crippen LogP) is 4.18. The first-order valence-electron chi connectivity index (χ1n) is 10.5. The second-order valence-corrected chi connectivity index (χ2v) is 8.44. The average Bonchev–Trinajstić information content (AvgIpc) is 2.83. The van der Waals surface area contributed by atoms with E-state index in [4.69, 9.17) is 19.3 Å². The monoisotopic (exact) mass is 459 g/mol.